The van der Waals surface area contributed by atoms with Crippen molar-refractivity contribution in [3.05, 3.63) is 65.6 Å². The molecule has 1 amide bonds. The standard InChI is InChI=1S/C17H13F3N4O/c18-17(19,20)11-2-3-12-13(5-6-22-15(12)7-11)23-8-10-1-4-14(16(21)25)24-9-10/h1-7,9H,8H2,(H2,21,25)(H,22,23). The number of hydrogen-bond donors (Lipinski definition) is 2. The number of benzene rings is 1. The molecule has 0 saturated carbocycles. The third-order valence-electron chi connectivity index (χ3n) is 3.63. The number of nitrogens with one attached hydrogen (secondary N) is 1. The van der Waals surface area contributed by atoms with E-state index in [1.807, 2.05) is 0 Å². The zero-order valence-corrected chi connectivity index (χ0v) is 12.8. The first kappa shape index (κ1) is 16.7. The Bertz CT molecular complexity index is 923. The summed E-state index contributed by atoms with van der Waals surface area (Å²) in [4.78, 5) is 18.9. The van der Waals surface area contributed by atoms with Gasteiger partial charge in [0.2, 0.25) is 0 Å². The summed E-state index contributed by atoms with van der Waals surface area (Å²) < 4.78 is 38.4. The maximum Gasteiger partial charge on any atom is 0.416 e. The molecule has 25 heavy (non-hydrogen) atoms. The molecular weight excluding hydrogens is 333 g/mol. The normalized spacial score (nSPS) is 11.5. The number of aromatic nitrogens is 2. The quantitative estimate of drug-likeness (QED) is 0.759. The number of carbonyl (C=O) groups excluding carboxylic acids is 1. The smallest absolute Gasteiger partial charge is 0.380 e. The molecule has 0 fully saturated rings. The highest BCUT2D eigenvalue weighted by Crippen LogP contribution is 2.32. The highest BCUT2D eigenvalue weighted by Gasteiger charge is 2.30. The van der Waals surface area contributed by atoms with Crippen molar-refractivity contribution in [1.29, 1.82) is 0 Å². The van der Waals surface area contributed by atoms with Crippen LogP contribution in [0, 0.1) is 0 Å². The van der Waals surface area contributed by atoms with Crippen LogP contribution in [0.25, 0.3) is 10.9 Å². The van der Waals surface area contributed by atoms with Gasteiger partial charge in [-0.1, -0.05) is 12.1 Å². The van der Waals surface area contributed by atoms with Crippen molar-refractivity contribution in [2.75, 3.05) is 5.32 Å². The summed E-state index contributed by atoms with van der Waals surface area (Å²) in [5.74, 6) is -0.611. The van der Waals surface area contributed by atoms with Crippen LogP contribution in [-0.2, 0) is 12.7 Å². The Morgan fingerprint density at radius 1 is 1.12 bits per heavy atom. The van der Waals surface area contributed by atoms with E-state index in [1.54, 1.807) is 12.1 Å². The molecular formula is C17H13F3N4O. The van der Waals surface area contributed by atoms with E-state index >= 15 is 0 Å². The number of nitrogens with zero attached hydrogens (tertiary/aromatic N) is 2. The van der Waals surface area contributed by atoms with Crippen LogP contribution >= 0.6 is 0 Å². The predicted octanol–water partition coefficient (Wildman–Crippen LogP) is 3.36. The van der Waals surface area contributed by atoms with E-state index in [9.17, 15) is 18.0 Å². The van der Waals surface area contributed by atoms with Crippen LogP contribution in [0.5, 0.6) is 0 Å². The molecule has 2 heterocycles. The summed E-state index contributed by atoms with van der Waals surface area (Å²) in [5.41, 5.74) is 6.25. The molecule has 8 heteroatoms. The molecule has 0 radical (unpaired) electrons. The van der Waals surface area contributed by atoms with Gasteiger partial charge in [0.25, 0.3) is 5.91 Å². The molecule has 0 aliphatic carbocycles. The van der Waals surface area contributed by atoms with E-state index in [2.05, 4.69) is 15.3 Å². The van der Waals surface area contributed by atoms with E-state index in [0.717, 1.165) is 17.7 Å². The third kappa shape index (κ3) is 3.68. The fourth-order valence-electron chi connectivity index (χ4n) is 2.35. The number of halogens is 3. The fraction of sp³-hybridized carbons (Fsp3) is 0.118. The second kappa shape index (κ2) is 6.39. The topological polar surface area (TPSA) is 80.9 Å². The third-order valence-corrected chi connectivity index (χ3v) is 3.63. The highest BCUT2D eigenvalue weighted by atomic mass is 19.4. The van der Waals surface area contributed by atoms with Gasteiger partial charge in [-0.3, -0.25) is 14.8 Å². The summed E-state index contributed by atoms with van der Waals surface area (Å²) in [6.07, 6.45) is -1.45. The van der Waals surface area contributed by atoms with Crippen molar-refractivity contribution in [3.63, 3.8) is 0 Å². The number of amides is 1. The first-order chi connectivity index (χ1) is 11.8. The number of pyridine rings is 2. The summed E-state index contributed by atoms with van der Waals surface area (Å²) in [7, 11) is 0. The van der Waals surface area contributed by atoms with Gasteiger partial charge in [-0.25, -0.2) is 0 Å². The molecule has 0 unspecified atom stereocenters. The van der Waals surface area contributed by atoms with Crippen LogP contribution in [0.15, 0.2) is 48.8 Å². The molecule has 3 N–H and O–H groups in total. The molecule has 0 spiro atoms. The summed E-state index contributed by atoms with van der Waals surface area (Å²) in [5, 5.41) is 3.71. The minimum Gasteiger partial charge on any atom is -0.380 e. The summed E-state index contributed by atoms with van der Waals surface area (Å²) in [6, 6.07) is 8.33. The van der Waals surface area contributed by atoms with E-state index in [0.29, 0.717) is 17.6 Å². The Morgan fingerprint density at radius 2 is 1.92 bits per heavy atom. The van der Waals surface area contributed by atoms with Gasteiger partial charge >= 0.3 is 6.18 Å². The van der Waals surface area contributed by atoms with Gasteiger partial charge in [-0.05, 0) is 29.8 Å². The zero-order chi connectivity index (χ0) is 18.0. The van der Waals surface area contributed by atoms with Crippen LogP contribution in [-0.4, -0.2) is 15.9 Å². The van der Waals surface area contributed by atoms with E-state index in [4.69, 9.17) is 5.73 Å². The van der Waals surface area contributed by atoms with E-state index in [-0.39, 0.29) is 11.2 Å². The molecule has 1 aromatic carbocycles. The second-order valence-corrected chi connectivity index (χ2v) is 5.36. The van der Waals surface area contributed by atoms with Crippen molar-refractivity contribution in [1.82, 2.24) is 9.97 Å². The second-order valence-electron chi connectivity index (χ2n) is 5.36. The number of hydrogen-bond acceptors (Lipinski definition) is 4. The van der Waals surface area contributed by atoms with Crippen molar-refractivity contribution >= 4 is 22.5 Å². The van der Waals surface area contributed by atoms with Crippen molar-refractivity contribution in [3.8, 4) is 0 Å². The van der Waals surface area contributed by atoms with Gasteiger partial charge in [-0.2, -0.15) is 13.2 Å². The lowest BCUT2D eigenvalue weighted by molar-refractivity contribution is -0.137. The highest BCUT2D eigenvalue weighted by molar-refractivity contribution is 5.91. The lowest BCUT2D eigenvalue weighted by atomic mass is 10.1. The molecule has 0 bridgehead atoms. The lowest BCUT2D eigenvalue weighted by Gasteiger charge is -2.11. The van der Waals surface area contributed by atoms with Crippen LogP contribution in [0.3, 0.4) is 0 Å². The lowest BCUT2D eigenvalue weighted by Crippen LogP contribution is -2.13. The van der Waals surface area contributed by atoms with Crippen molar-refractivity contribution in [2.45, 2.75) is 12.7 Å². The Kier molecular flexibility index (Phi) is 4.26. The van der Waals surface area contributed by atoms with Crippen LogP contribution in [0.4, 0.5) is 18.9 Å². The Labute approximate surface area is 140 Å². The van der Waals surface area contributed by atoms with Gasteiger partial charge in [0.1, 0.15) is 5.69 Å². The number of fused-ring (bicyclic) bond motifs is 1. The summed E-state index contributed by atoms with van der Waals surface area (Å²) in [6.45, 7) is 0.381. The van der Waals surface area contributed by atoms with Crippen molar-refractivity contribution < 1.29 is 18.0 Å². The first-order valence-corrected chi connectivity index (χ1v) is 7.29. The molecule has 3 aromatic rings. The zero-order valence-electron chi connectivity index (χ0n) is 12.8. The molecule has 0 atom stereocenters. The molecule has 0 aliphatic heterocycles. The average molecular weight is 346 g/mol. The van der Waals surface area contributed by atoms with Gasteiger partial charge in [0, 0.05) is 30.0 Å². The Hall–Kier alpha value is -3.16. The van der Waals surface area contributed by atoms with Gasteiger partial charge < -0.3 is 11.1 Å². The van der Waals surface area contributed by atoms with Crippen molar-refractivity contribution in [2.24, 2.45) is 5.73 Å². The molecule has 3 rings (SSSR count). The maximum atomic E-state index is 12.8. The number of rotatable bonds is 4. The SMILES string of the molecule is NC(=O)c1ccc(CNc2ccnc3cc(C(F)(F)F)ccc23)cn1. The minimum absolute atomic E-state index is 0.165. The van der Waals surface area contributed by atoms with Crippen LogP contribution < -0.4 is 11.1 Å². The number of anilines is 1. The average Bonchev–Trinajstić information content (AvgIpc) is 2.59. The van der Waals surface area contributed by atoms with Gasteiger partial charge in [0.05, 0.1) is 11.1 Å². The van der Waals surface area contributed by atoms with Crippen LogP contribution in [0.2, 0.25) is 0 Å². The number of nitrogens with two attached hydrogens (primary N) is 1. The Balaban J connectivity index is 1.83. The molecule has 2 aromatic heterocycles. The number of carbonyl (C=O) groups is 1. The fourth-order valence-corrected chi connectivity index (χ4v) is 2.35. The minimum atomic E-state index is -4.41. The van der Waals surface area contributed by atoms with E-state index in [1.165, 1.54) is 24.5 Å². The molecule has 0 aliphatic rings. The predicted molar refractivity (Wildman–Crippen MR) is 86.8 cm³/mol. The molecule has 5 nitrogen and oxygen atoms in total. The number of alkyl halides is 3. The largest absolute Gasteiger partial charge is 0.416 e. The monoisotopic (exact) mass is 346 g/mol. The Morgan fingerprint density at radius 3 is 2.56 bits per heavy atom. The molecule has 0 saturated heterocycles. The van der Waals surface area contributed by atoms with Gasteiger partial charge in [-0.15, -0.1) is 0 Å². The van der Waals surface area contributed by atoms with Crippen LogP contribution in [0.1, 0.15) is 21.6 Å². The van der Waals surface area contributed by atoms with Gasteiger partial charge in [0.15, 0.2) is 0 Å². The molecule has 128 valence electrons. The first-order valence-electron chi connectivity index (χ1n) is 7.29. The maximum absolute atomic E-state index is 12.8. The number of primary amides is 1. The summed E-state index contributed by atoms with van der Waals surface area (Å²) >= 11 is 0. The van der Waals surface area contributed by atoms with E-state index < -0.39 is 17.6 Å².